The Kier molecular flexibility index (Phi) is 22.2. The Balaban J connectivity index is 1.80. The van der Waals surface area contributed by atoms with Crippen LogP contribution in [0.25, 0.3) is 0 Å². The van der Waals surface area contributed by atoms with Gasteiger partial charge in [-0.15, -0.1) is 0 Å². The third kappa shape index (κ3) is 17.5. The van der Waals surface area contributed by atoms with Gasteiger partial charge in [0, 0.05) is 29.9 Å². The van der Waals surface area contributed by atoms with E-state index in [0.717, 1.165) is 60.4 Å². The lowest BCUT2D eigenvalue weighted by molar-refractivity contribution is -0.144. The summed E-state index contributed by atoms with van der Waals surface area (Å²) in [6.45, 7) is 8.80. The van der Waals surface area contributed by atoms with Crippen molar-refractivity contribution >= 4 is 11.8 Å². The lowest BCUT2D eigenvalue weighted by Gasteiger charge is -2.13. The smallest absolute Gasteiger partial charge is 0.306 e. The average Bonchev–Trinajstić information content (AvgIpc) is 3.30. The largest absolute Gasteiger partial charge is 0.461 e. The van der Waals surface area contributed by atoms with Crippen molar-refractivity contribution in [1.82, 2.24) is 9.47 Å². The van der Waals surface area contributed by atoms with Crippen molar-refractivity contribution in [2.75, 3.05) is 20.6 Å². The lowest BCUT2D eigenvalue weighted by atomic mass is 9.99. The first-order chi connectivity index (χ1) is 22.8. The highest BCUT2D eigenvalue weighted by Crippen LogP contribution is 2.27. The number of Topliss-reactive ketones (excluding diaryl/α,β-unsaturated/α-hetero) is 1. The van der Waals surface area contributed by atoms with Gasteiger partial charge in [-0.1, -0.05) is 140 Å². The molecule has 5 nitrogen and oxygen atoms in total. The van der Waals surface area contributed by atoms with Crippen LogP contribution in [-0.4, -0.2) is 41.9 Å². The van der Waals surface area contributed by atoms with E-state index in [1.165, 1.54) is 103 Å². The summed E-state index contributed by atoms with van der Waals surface area (Å²) in [6.07, 6.45) is 26.1. The summed E-state index contributed by atoms with van der Waals surface area (Å²) in [6, 6.07) is 9.83. The number of hydrogen-bond acceptors (Lipinski definition) is 4. The number of ketones is 1. The molecule has 0 N–H and O–H groups in total. The fourth-order valence-corrected chi connectivity index (χ4v) is 6.86. The van der Waals surface area contributed by atoms with Gasteiger partial charge in [0.25, 0.3) is 0 Å². The zero-order valence-electron chi connectivity index (χ0n) is 31.2. The number of rotatable bonds is 29. The van der Waals surface area contributed by atoms with Gasteiger partial charge in [0.1, 0.15) is 6.61 Å². The number of carbonyl (C=O) groups excluding carboxylic acids is 2. The van der Waals surface area contributed by atoms with Crippen molar-refractivity contribution in [2.45, 2.75) is 175 Å². The molecule has 0 bridgehead atoms. The third-order valence-corrected chi connectivity index (χ3v) is 9.73. The minimum absolute atomic E-state index is 0.187. The van der Waals surface area contributed by atoms with E-state index < -0.39 is 0 Å². The Morgan fingerprint density at radius 3 is 1.79 bits per heavy atom. The molecule has 0 saturated carbocycles. The van der Waals surface area contributed by atoms with Crippen molar-refractivity contribution in [1.29, 1.82) is 0 Å². The summed E-state index contributed by atoms with van der Waals surface area (Å²) in [5.41, 5.74) is 5.17. The van der Waals surface area contributed by atoms with E-state index in [4.69, 9.17) is 4.74 Å². The van der Waals surface area contributed by atoms with Crippen LogP contribution in [0, 0.1) is 13.8 Å². The van der Waals surface area contributed by atoms with Crippen LogP contribution >= 0.6 is 0 Å². The van der Waals surface area contributed by atoms with E-state index in [9.17, 15) is 9.59 Å². The summed E-state index contributed by atoms with van der Waals surface area (Å²) in [4.78, 5) is 28.5. The van der Waals surface area contributed by atoms with Gasteiger partial charge in [-0.2, -0.15) is 0 Å². The maximum Gasteiger partial charge on any atom is 0.306 e. The van der Waals surface area contributed by atoms with Gasteiger partial charge >= 0.3 is 5.97 Å². The molecule has 0 aliphatic heterocycles. The molecule has 0 atom stereocenters. The Labute approximate surface area is 289 Å². The molecule has 0 spiro atoms. The van der Waals surface area contributed by atoms with E-state index in [0.29, 0.717) is 25.9 Å². The predicted octanol–water partition coefficient (Wildman–Crippen LogP) is 11.3. The van der Waals surface area contributed by atoms with Crippen LogP contribution in [0.1, 0.15) is 175 Å². The molecule has 5 heteroatoms. The van der Waals surface area contributed by atoms with Crippen molar-refractivity contribution in [3.05, 3.63) is 58.4 Å². The number of ether oxygens (including phenoxy) is 1. The molecule has 47 heavy (non-hydrogen) atoms. The van der Waals surface area contributed by atoms with Crippen molar-refractivity contribution in [3.63, 3.8) is 0 Å². The van der Waals surface area contributed by atoms with E-state index in [1.807, 2.05) is 30.3 Å². The molecule has 2 rings (SSSR count). The molecular formula is C42H70N2O3. The van der Waals surface area contributed by atoms with Crippen molar-refractivity contribution in [3.8, 4) is 0 Å². The Morgan fingerprint density at radius 2 is 1.21 bits per heavy atom. The molecule has 0 aliphatic rings. The van der Waals surface area contributed by atoms with Gasteiger partial charge in [-0.3, -0.25) is 9.59 Å². The number of benzene rings is 1. The number of carbonyl (C=O) groups is 2. The molecule has 1 aromatic carbocycles. The fraction of sp³-hybridized carbons (Fsp3) is 0.714. The number of esters is 1. The summed E-state index contributed by atoms with van der Waals surface area (Å²) in [5.74, 6) is 0.0837. The lowest BCUT2D eigenvalue weighted by Crippen LogP contribution is -2.13. The quantitative estimate of drug-likeness (QED) is 0.0499. The average molecular weight is 651 g/mol. The van der Waals surface area contributed by atoms with Crippen LogP contribution in [0.5, 0.6) is 0 Å². The molecule has 0 unspecified atom stereocenters. The van der Waals surface area contributed by atoms with Gasteiger partial charge in [0.2, 0.25) is 0 Å². The monoisotopic (exact) mass is 651 g/mol. The van der Waals surface area contributed by atoms with E-state index >= 15 is 0 Å². The molecule has 2 aromatic rings. The fourth-order valence-electron chi connectivity index (χ4n) is 6.86. The molecule has 0 saturated heterocycles. The first kappa shape index (κ1) is 40.8. The molecule has 0 radical (unpaired) electrons. The molecule has 1 aromatic heterocycles. The van der Waals surface area contributed by atoms with Crippen LogP contribution in [0.15, 0.2) is 30.3 Å². The summed E-state index contributed by atoms with van der Waals surface area (Å²) >= 11 is 0. The number of hydrogen-bond donors (Lipinski definition) is 0. The molecule has 0 amide bonds. The van der Waals surface area contributed by atoms with Gasteiger partial charge in [-0.25, -0.2) is 0 Å². The standard InChI is InChI=1S/C42H70N2O3/c1-6-7-8-9-10-11-12-13-14-15-16-17-18-19-25-30-40(45)42-36(2)39(31-32-41(46)47-35-38-28-23-22-24-29-38)44(37(42)3)34-27-21-20-26-33-43(4)5/h22-24,28-29H,6-21,25-27,30-35H2,1-5H3. The van der Waals surface area contributed by atoms with Gasteiger partial charge < -0.3 is 14.2 Å². The minimum atomic E-state index is -0.187. The van der Waals surface area contributed by atoms with Crippen LogP contribution in [0.2, 0.25) is 0 Å². The topological polar surface area (TPSA) is 51.5 Å². The maximum absolute atomic E-state index is 13.6. The highest BCUT2D eigenvalue weighted by molar-refractivity contribution is 5.99. The van der Waals surface area contributed by atoms with Crippen molar-refractivity contribution in [2.24, 2.45) is 0 Å². The zero-order valence-corrected chi connectivity index (χ0v) is 31.2. The molecule has 0 aliphatic carbocycles. The number of unbranched alkanes of at least 4 members (excludes halogenated alkanes) is 17. The van der Waals surface area contributed by atoms with E-state index in [1.54, 1.807) is 0 Å². The summed E-state index contributed by atoms with van der Waals surface area (Å²) < 4.78 is 7.92. The third-order valence-electron chi connectivity index (χ3n) is 9.73. The van der Waals surface area contributed by atoms with E-state index in [2.05, 4.69) is 44.3 Å². The Hall–Kier alpha value is -2.40. The highest BCUT2D eigenvalue weighted by Gasteiger charge is 2.22. The van der Waals surface area contributed by atoms with Crippen LogP contribution in [0.4, 0.5) is 0 Å². The minimum Gasteiger partial charge on any atom is -0.461 e. The predicted molar refractivity (Wildman–Crippen MR) is 199 cm³/mol. The second-order valence-electron chi connectivity index (χ2n) is 14.2. The van der Waals surface area contributed by atoms with Gasteiger partial charge in [0.15, 0.2) is 5.78 Å². The zero-order chi connectivity index (χ0) is 34.1. The van der Waals surface area contributed by atoms with Gasteiger partial charge in [0.05, 0.1) is 6.42 Å². The van der Waals surface area contributed by atoms with Crippen LogP contribution < -0.4 is 0 Å². The first-order valence-electron chi connectivity index (χ1n) is 19.4. The number of nitrogens with zero attached hydrogens (tertiary/aromatic N) is 2. The van der Waals surface area contributed by atoms with Crippen LogP contribution in [-0.2, 0) is 29.1 Å². The number of aromatic nitrogens is 1. The molecule has 0 fully saturated rings. The molecule has 1 heterocycles. The van der Waals surface area contributed by atoms with Crippen LogP contribution in [0.3, 0.4) is 0 Å². The van der Waals surface area contributed by atoms with Gasteiger partial charge in [-0.05, 0) is 71.3 Å². The Bertz CT molecular complexity index is 1100. The normalized spacial score (nSPS) is 11.4. The highest BCUT2D eigenvalue weighted by atomic mass is 16.5. The summed E-state index contributed by atoms with van der Waals surface area (Å²) in [5, 5.41) is 0. The van der Waals surface area contributed by atoms with Crippen molar-refractivity contribution < 1.29 is 14.3 Å². The SMILES string of the molecule is CCCCCCCCCCCCCCCCCC(=O)c1c(C)c(CCC(=O)OCc2ccccc2)n(CCCCCCN(C)C)c1C. The molecular weight excluding hydrogens is 580 g/mol. The maximum atomic E-state index is 13.6. The summed E-state index contributed by atoms with van der Waals surface area (Å²) in [7, 11) is 4.25. The molecule has 266 valence electrons. The second kappa shape index (κ2) is 25.6. The second-order valence-corrected chi connectivity index (χ2v) is 14.2. The Morgan fingerprint density at radius 1 is 0.681 bits per heavy atom. The van der Waals surface area contributed by atoms with E-state index in [-0.39, 0.29) is 11.8 Å². The first-order valence-corrected chi connectivity index (χ1v) is 19.4.